The first-order chi connectivity index (χ1) is 9.83. The van der Waals surface area contributed by atoms with E-state index < -0.39 is 0 Å². The lowest BCUT2D eigenvalue weighted by Crippen LogP contribution is -2.51. The molecule has 1 heterocycles. The summed E-state index contributed by atoms with van der Waals surface area (Å²) >= 11 is 0. The van der Waals surface area contributed by atoms with Crippen LogP contribution in [0.15, 0.2) is 0 Å². The van der Waals surface area contributed by atoms with Crippen molar-refractivity contribution >= 4 is 5.91 Å². The van der Waals surface area contributed by atoms with E-state index in [9.17, 15) is 4.79 Å². The molecule has 0 N–H and O–H groups in total. The van der Waals surface area contributed by atoms with E-state index >= 15 is 0 Å². The van der Waals surface area contributed by atoms with Gasteiger partial charge < -0.3 is 4.90 Å². The molecule has 0 atom stereocenters. The van der Waals surface area contributed by atoms with E-state index in [1.54, 1.807) is 0 Å². The lowest BCUT2D eigenvalue weighted by atomic mass is 9.86. The van der Waals surface area contributed by atoms with E-state index in [0.717, 1.165) is 38.6 Å². The second-order valence-electron chi connectivity index (χ2n) is 7.06. The van der Waals surface area contributed by atoms with Gasteiger partial charge in [0.15, 0.2) is 0 Å². The molecule has 1 aliphatic heterocycles. The third kappa shape index (κ3) is 3.55. The Kier molecular flexibility index (Phi) is 4.98. The van der Waals surface area contributed by atoms with Crippen LogP contribution in [0.2, 0.25) is 0 Å². The van der Waals surface area contributed by atoms with Gasteiger partial charge >= 0.3 is 0 Å². The molecule has 20 heavy (non-hydrogen) atoms. The Morgan fingerprint density at radius 3 is 2.05 bits per heavy atom. The van der Waals surface area contributed by atoms with E-state index in [-0.39, 0.29) is 0 Å². The lowest BCUT2D eigenvalue weighted by Gasteiger charge is -2.38. The summed E-state index contributed by atoms with van der Waals surface area (Å²) in [4.78, 5) is 17.2. The fourth-order valence-electron chi connectivity index (χ4n) is 4.37. The zero-order valence-corrected chi connectivity index (χ0v) is 12.9. The van der Waals surface area contributed by atoms with E-state index in [2.05, 4.69) is 9.80 Å². The van der Waals surface area contributed by atoms with Gasteiger partial charge in [-0.2, -0.15) is 0 Å². The van der Waals surface area contributed by atoms with Crippen LogP contribution in [0.25, 0.3) is 0 Å². The molecule has 0 bridgehead atoms. The molecule has 3 rings (SSSR count). The molecular weight excluding hydrogens is 248 g/mol. The minimum Gasteiger partial charge on any atom is -0.340 e. The number of hydrogen-bond acceptors (Lipinski definition) is 2. The molecule has 1 amide bonds. The molecule has 3 nitrogen and oxygen atoms in total. The molecule has 0 aromatic carbocycles. The zero-order chi connectivity index (χ0) is 13.8. The number of piperazine rings is 1. The third-order valence-electron chi connectivity index (χ3n) is 5.70. The van der Waals surface area contributed by atoms with E-state index in [4.69, 9.17) is 0 Å². The maximum absolute atomic E-state index is 12.4. The SMILES string of the molecule is O=C(CC1CCCCC1)N1CCN(C2CCCC2)CC1. The number of hydrogen-bond donors (Lipinski definition) is 0. The van der Waals surface area contributed by atoms with Gasteiger partial charge in [0.1, 0.15) is 0 Å². The van der Waals surface area contributed by atoms with Crippen molar-refractivity contribution in [1.29, 1.82) is 0 Å². The molecule has 0 aromatic heterocycles. The van der Waals surface area contributed by atoms with Crippen molar-refractivity contribution in [3.8, 4) is 0 Å². The smallest absolute Gasteiger partial charge is 0.222 e. The van der Waals surface area contributed by atoms with Crippen LogP contribution in [0.1, 0.15) is 64.2 Å². The molecule has 0 radical (unpaired) electrons. The summed E-state index contributed by atoms with van der Waals surface area (Å²) in [6.07, 6.45) is 13.0. The molecule has 114 valence electrons. The van der Waals surface area contributed by atoms with Gasteiger partial charge in [0, 0.05) is 38.6 Å². The van der Waals surface area contributed by atoms with Crippen molar-refractivity contribution in [2.24, 2.45) is 5.92 Å². The van der Waals surface area contributed by atoms with Crippen molar-refractivity contribution in [3.63, 3.8) is 0 Å². The second-order valence-corrected chi connectivity index (χ2v) is 7.06. The second kappa shape index (κ2) is 6.93. The largest absolute Gasteiger partial charge is 0.340 e. The van der Waals surface area contributed by atoms with Gasteiger partial charge in [-0.1, -0.05) is 32.1 Å². The zero-order valence-electron chi connectivity index (χ0n) is 12.9. The van der Waals surface area contributed by atoms with Crippen LogP contribution in [0.4, 0.5) is 0 Å². The molecule has 3 heteroatoms. The normalized spacial score (nSPS) is 27.1. The van der Waals surface area contributed by atoms with Crippen LogP contribution >= 0.6 is 0 Å². The maximum atomic E-state index is 12.4. The highest BCUT2D eigenvalue weighted by molar-refractivity contribution is 5.76. The highest BCUT2D eigenvalue weighted by atomic mass is 16.2. The number of rotatable bonds is 3. The summed E-state index contributed by atoms with van der Waals surface area (Å²) < 4.78 is 0. The molecule has 0 spiro atoms. The molecule has 2 aliphatic carbocycles. The van der Waals surface area contributed by atoms with Gasteiger partial charge in [-0.3, -0.25) is 9.69 Å². The van der Waals surface area contributed by atoms with Crippen LogP contribution in [-0.4, -0.2) is 47.9 Å². The van der Waals surface area contributed by atoms with E-state index in [1.807, 2.05) is 0 Å². The maximum Gasteiger partial charge on any atom is 0.222 e. The van der Waals surface area contributed by atoms with Gasteiger partial charge in [-0.25, -0.2) is 0 Å². The molecule has 2 saturated carbocycles. The Balaban J connectivity index is 1.41. The van der Waals surface area contributed by atoms with Crippen molar-refractivity contribution in [3.05, 3.63) is 0 Å². The molecule has 3 aliphatic rings. The van der Waals surface area contributed by atoms with E-state index in [1.165, 1.54) is 57.8 Å². The Hall–Kier alpha value is -0.570. The Morgan fingerprint density at radius 2 is 1.40 bits per heavy atom. The summed E-state index contributed by atoms with van der Waals surface area (Å²) in [6.45, 7) is 4.17. The Morgan fingerprint density at radius 1 is 0.800 bits per heavy atom. The number of carbonyl (C=O) groups excluding carboxylic acids is 1. The molecule has 0 unspecified atom stereocenters. The fourth-order valence-corrected chi connectivity index (χ4v) is 4.37. The van der Waals surface area contributed by atoms with Crippen molar-refractivity contribution in [2.45, 2.75) is 70.3 Å². The van der Waals surface area contributed by atoms with Crippen molar-refractivity contribution in [2.75, 3.05) is 26.2 Å². The fraction of sp³-hybridized carbons (Fsp3) is 0.941. The third-order valence-corrected chi connectivity index (χ3v) is 5.70. The number of carbonyl (C=O) groups is 1. The van der Waals surface area contributed by atoms with Gasteiger partial charge in [-0.15, -0.1) is 0 Å². The lowest BCUT2D eigenvalue weighted by molar-refractivity contribution is -0.134. The van der Waals surface area contributed by atoms with Crippen LogP contribution in [0.3, 0.4) is 0 Å². The van der Waals surface area contributed by atoms with Crippen LogP contribution in [0, 0.1) is 5.92 Å². The first-order valence-electron chi connectivity index (χ1n) is 8.85. The van der Waals surface area contributed by atoms with Gasteiger partial charge in [0.05, 0.1) is 0 Å². The van der Waals surface area contributed by atoms with Crippen molar-refractivity contribution < 1.29 is 4.79 Å². The van der Waals surface area contributed by atoms with Gasteiger partial charge in [0.2, 0.25) is 5.91 Å². The van der Waals surface area contributed by atoms with Crippen LogP contribution < -0.4 is 0 Å². The molecule has 1 saturated heterocycles. The summed E-state index contributed by atoms with van der Waals surface area (Å²) in [5.74, 6) is 1.12. The van der Waals surface area contributed by atoms with Crippen LogP contribution in [0.5, 0.6) is 0 Å². The monoisotopic (exact) mass is 278 g/mol. The van der Waals surface area contributed by atoms with Gasteiger partial charge in [0.25, 0.3) is 0 Å². The topological polar surface area (TPSA) is 23.6 Å². The average Bonchev–Trinajstić information content (AvgIpc) is 3.03. The van der Waals surface area contributed by atoms with Crippen LogP contribution in [-0.2, 0) is 4.79 Å². The average molecular weight is 278 g/mol. The molecular formula is C17H30N2O. The van der Waals surface area contributed by atoms with Gasteiger partial charge in [-0.05, 0) is 31.6 Å². The highest BCUT2D eigenvalue weighted by Crippen LogP contribution is 2.28. The minimum atomic E-state index is 0.433. The first-order valence-corrected chi connectivity index (χ1v) is 8.85. The Bertz CT molecular complexity index is 311. The highest BCUT2D eigenvalue weighted by Gasteiger charge is 2.28. The molecule has 0 aromatic rings. The predicted molar refractivity (Wildman–Crippen MR) is 81.6 cm³/mol. The Labute approximate surface area is 123 Å². The first kappa shape index (κ1) is 14.4. The summed E-state index contributed by atoms with van der Waals surface area (Å²) in [6, 6.07) is 0.825. The number of amides is 1. The quantitative estimate of drug-likeness (QED) is 0.792. The van der Waals surface area contributed by atoms with Crippen molar-refractivity contribution in [1.82, 2.24) is 9.80 Å². The minimum absolute atomic E-state index is 0.433. The van der Waals surface area contributed by atoms with E-state index in [0.29, 0.717) is 11.8 Å². The molecule has 3 fully saturated rings. The summed E-state index contributed by atoms with van der Waals surface area (Å²) in [5.41, 5.74) is 0. The predicted octanol–water partition coefficient (Wildman–Crippen LogP) is 3.04. The summed E-state index contributed by atoms with van der Waals surface area (Å²) in [7, 11) is 0. The number of nitrogens with zero attached hydrogens (tertiary/aromatic N) is 2. The summed E-state index contributed by atoms with van der Waals surface area (Å²) in [5, 5.41) is 0. The standard InChI is InChI=1S/C17H30N2O/c20-17(14-15-6-2-1-3-7-15)19-12-10-18(11-13-19)16-8-4-5-9-16/h15-16H,1-14H2.